The first-order valence-corrected chi connectivity index (χ1v) is 9.02. The first-order valence-electron chi connectivity index (χ1n) is 9.02. The Morgan fingerprint density at radius 1 is 0.885 bits per heavy atom. The molecule has 0 radical (unpaired) electrons. The topological polar surface area (TPSA) is 83.1 Å². The highest BCUT2D eigenvalue weighted by Gasteiger charge is 2.13. The lowest BCUT2D eigenvalue weighted by molar-refractivity contribution is -0.114. The summed E-state index contributed by atoms with van der Waals surface area (Å²) in [5.74, 6) is -0.394. The van der Waals surface area contributed by atoms with Gasteiger partial charge in [0.2, 0.25) is 5.91 Å². The van der Waals surface area contributed by atoms with Crippen LogP contribution in [0, 0.1) is 0 Å². The van der Waals surface area contributed by atoms with Crippen LogP contribution in [0.15, 0.2) is 42.6 Å². The minimum absolute atomic E-state index is 0.132. The van der Waals surface area contributed by atoms with Crippen molar-refractivity contribution in [2.24, 2.45) is 0 Å². The molecule has 6 nitrogen and oxygen atoms in total. The van der Waals surface area contributed by atoms with E-state index in [1.165, 1.54) is 39.0 Å². The lowest BCUT2D eigenvalue weighted by Crippen LogP contribution is -2.22. The average molecular weight is 352 g/mol. The SMILES string of the molecule is CC(=O)Nc1ccc(NC(=O)c2ccc(NC3CCCCC3)cn2)cc1. The molecule has 3 N–H and O–H groups in total. The van der Waals surface area contributed by atoms with Gasteiger partial charge in [0.25, 0.3) is 5.91 Å². The number of carbonyl (C=O) groups excluding carboxylic acids is 2. The quantitative estimate of drug-likeness (QED) is 0.758. The Labute approximate surface area is 153 Å². The number of amides is 2. The second-order valence-electron chi connectivity index (χ2n) is 6.62. The molecule has 2 aromatic rings. The maximum atomic E-state index is 12.3. The van der Waals surface area contributed by atoms with Crippen LogP contribution in [0.1, 0.15) is 49.5 Å². The molecule has 136 valence electrons. The number of carbonyl (C=O) groups is 2. The summed E-state index contributed by atoms with van der Waals surface area (Å²) in [6.07, 6.45) is 7.96. The van der Waals surface area contributed by atoms with Crippen LogP contribution in [0.2, 0.25) is 0 Å². The van der Waals surface area contributed by atoms with Crippen LogP contribution in [0.4, 0.5) is 17.1 Å². The van der Waals surface area contributed by atoms with Gasteiger partial charge in [0.05, 0.1) is 11.9 Å². The maximum Gasteiger partial charge on any atom is 0.274 e. The summed E-state index contributed by atoms with van der Waals surface area (Å²) in [4.78, 5) is 27.6. The fourth-order valence-corrected chi connectivity index (χ4v) is 3.13. The minimum atomic E-state index is -0.263. The van der Waals surface area contributed by atoms with Crippen molar-refractivity contribution in [1.29, 1.82) is 0 Å². The molecule has 0 spiro atoms. The Kier molecular flexibility index (Phi) is 5.84. The van der Waals surface area contributed by atoms with Crippen LogP contribution >= 0.6 is 0 Å². The third-order valence-electron chi connectivity index (χ3n) is 4.44. The van der Waals surface area contributed by atoms with Crippen LogP contribution < -0.4 is 16.0 Å². The van der Waals surface area contributed by atoms with Gasteiger partial charge in [-0.25, -0.2) is 4.98 Å². The summed E-state index contributed by atoms with van der Waals surface area (Å²) >= 11 is 0. The fraction of sp³-hybridized carbons (Fsp3) is 0.350. The molecule has 1 aliphatic carbocycles. The van der Waals surface area contributed by atoms with E-state index in [0.717, 1.165) is 5.69 Å². The molecule has 26 heavy (non-hydrogen) atoms. The minimum Gasteiger partial charge on any atom is -0.381 e. The number of hydrogen-bond acceptors (Lipinski definition) is 4. The molecule has 0 bridgehead atoms. The molecule has 2 amide bonds. The predicted octanol–water partition coefficient (Wildman–Crippen LogP) is 4.04. The van der Waals surface area contributed by atoms with Gasteiger partial charge in [-0.3, -0.25) is 9.59 Å². The third-order valence-corrected chi connectivity index (χ3v) is 4.44. The first-order chi connectivity index (χ1) is 12.6. The number of rotatable bonds is 5. The van der Waals surface area contributed by atoms with Crippen molar-refractivity contribution in [2.45, 2.75) is 45.1 Å². The Hall–Kier alpha value is -2.89. The summed E-state index contributed by atoms with van der Waals surface area (Å²) in [5.41, 5.74) is 2.65. The Bertz CT molecular complexity index is 750. The summed E-state index contributed by atoms with van der Waals surface area (Å²) in [6.45, 7) is 1.45. The number of pyridine rings is 1. The van der Waals surface area contributed by atoms with E-state index in [2.05, 4.69) is 20.9 Å². The van der Waals surface area contributed by atoms with E-state index < -0.39 is 0 Å². The molecule has 0 atom stereocenters. The largest absolute Gasteiger partial charge is 0.381 e. The molecule has 1 heterocycles. The monoisotopic (exact) mass is 352 g/mol. The zero-order valence-corrected chi connectivity index (χ0v) is 14.9. The molecule has 0 saturated heterocycles. The van der Waals surface area contributed by atoms with Crippen molar-refractivity contribution >= 4 is 28.9 Å². The molecule has 1 aromatic heterocycles. The molecule has 0 aliphatic heterocycles. The summed E-state index contributed by atoms with van der Waals surface area (Å²) in [6, 6.07) is 11.1. The van der Waals surface area contributed by atoms with Gasteiger partial charge in [0.1, 0.15) is 5.69 Å². The van der Waals surface area contributed by atoms with E-state index in [4.69, 9.17) is 0 Å². The van der Waals surface area contributed by atoms with Gasteiger partial charge in [-0.2, -0.15) is 0 Å². The maximum absolute atomic E-state index is 12.3. The molecule has 1 aromatic carbocycles. The Morgan fingerprint density at radius 2 is 1.50 bits per heavy atom. The number of nitrogens with one attached hydrogen (secondary N) is 3. The number of benzene rings is 1. The van der Waals surface area contributed by atoms with Crippen LogP contribution in [0.3, 0.4) is 0 Å². The van der Waals surface area contributed by atoms with E-state index in [1.54, 1.807) is 36.5 Å². The smallest absolute Gasteiger partial charge is 0.274 e. The Morgan fingerprint density at radius 3 is 2.08 bits per heavy atom. The fourth-order valence-electron chi connectivity index (χ4n) is 3.13. The van der Waals surface area contributed by atoms with Crippen LogP contribution in [0.25, 0.3) is 0 Å². The highest BCUT2D eigenvalue weighted by Crippen LogP contribution is 2.21. The van der Waals surface area contributed by atoms with Gasteiger partial charge in [-0.1, -0.05) is 19.3 Å². The van der Waals surface area contributed by atoms with E-state index in [9.17, 15) is 9.59 Å². The molecule has 1 saturated carbocycles. The van der Waals surface area contributed by atoms with Gasteiger partial charge in [0, 0.05) is 24.3 Å². The summed E-state index contributed by atoms with van der Waals surface area (Å²) in [5, 5.41) is 8.98. The lowest BCUT2D eigenvalue weighted by Gasteiger charge is -2.23. The summed E-state index contributed by atoms with van der Waals surface area (Å²) in [7, 11) is 0. The number of aromatic nitrogens is 1. The molecule has 1 fully saturated rings. The molecule has 1 aliphatic rings. The van der Waals surface area contributed by atoms with Crippen molar-refractivity contribution in [3.8, 4) is 0 Å². The van der Waals surface area contributed by atoms with Gasteiger partial charge in [-0.15, -0.1) is 0 Å². The number of anilines is 3. The van der Waals surface area contributed by atoms with E-state index in [1.807, 2.05) is 6.07 Å². The second kappa shape index (κ2) is 8.47. The predicted molar refractivity (Wildman–Crippen MR) is 103 cm³/mol. The average Bonchev–Trinajstić information content (AvgIpc) is 2.64. The standard InChI is InChI=1S/C20H24N4O2/c1-14(25)22-16-7-9-17(10-8-16)24-20(26)19-12-11-18(13-21-19)23-15-5-3-2-4-6-15/h7-13,15,23H,2-6H2,1H3,(H,22,25)(H,24,26). The van der Waals surface area contributed by atoms with Gasteiger partial charge in [-0.05, 0) is 49.2 Å². The number of nitrogens with zero attached hydrogens (tertiary/aromatic N) is 1. The normalized spacial score (nSPS) is 14.5. The molecular formula is C20H24N4O2. The lowest BCUT2D eigenvalue weighted by atomic mass is 9.95. The van der Waals surface area contributed by atoms with Gasteiger partial charge < -0.3 is 16.0 Å². The van der Waals surface area contributed by atoms with Crippen LogP contribution in [-0.4, -0.2) is 22.8 Å². The molecule has 6 heteroatoms. The van der Waals surface area contributed by atoms with Crippen molar-refractivity contribution in [1.82, 2.24) is 4.98 Å². The second-order valence-corrected chi connectivity index (χ2v) is 6.62. The van der Waals surface area contributed by atoms with Gasteiger partial charge >= 0.3 is 0 Å². The van der Waals surface area contributed by atoms with Crippen molar-refractivity contribution in [3.05, 3.63) is 48.3 Å². The molecule has 3 rings (SSSR count). The van der Waals surface area contributed by atoms with Gasteiger partial charge in [0.15, 0.2) is 0 Å². The van der Waals surface area contributed by atoms with Crippen molar-refractivity contribution < 1.29 is 9.59 Å². The van der Waals surface area contributed by atoms with E-state index in [0.29, 0.717) is 23.1 Å². The van der Waals surface area contributed by atoms with Crippen LogP contribution in [0.5, 0.6) is 0 Å². The number of hydrogen-bond donors (Lipinski definition) is 3. The van der Waals surface area contributed by atoms with Crippen molar-refractivity contribution in [2.75, 3.05) is 16.0 Å². The van der Waals surface area contributed by atoms with E-state index >= 15 is 0 Å². The highest BCUT2D eigenvalue weighted by molar-refractivity contribution is 6.03. The molecular weight excluding hydrogens is 328 g/mol. The zero-order chi connectivity index (χ0) is 18.4. The highest BCUT2D eigenvalue weighted by atomic mass is 16.2. The van der Waals surface area contributed by atoms with Crippen LogP contribution in [-0.2, 0) is 4.79 Å². The Balaban J connectivity index is 1.56. The third kappa shape index (κ3) is 5.05. The summed E-state index contributed by atoms with van der Waals surface area (Å²) < 4.78 is 0. The molecule has 0 unspecified atom stereocenters. The first kappa shape index (κ1) is 17.9. The van der Waals surface area contributed by atoms with E-state index in [-0.39, 0.29) is 11.8 Å². The van der Waals surface area contributed by atoms with Crippen molar-refractivity contribution in [3.63, 3.8) is 0 Å². The zero-order valence-electron chi connectivity index (χ0n) is 14.9.